The second kappa shape index (κ2) is 7.27. The zero-order chi connectivity index (χ0) is 17.0. The first-order valence-electron chi connectivity index (χ1n) is 7.56. The molecule has 2 heterocycles. The lowest BCUT2D eigenvalue weighted by Gasteiger charge is -2.26. The standard InChI is InChI=1S/C15H23N3O4S/c1-10-12(13(19)18-5-7-21-8-6-18)23-11(17-10)9-16-14(20)22-15(2,3)4/h5-9H2,1-4H3,(H,16,20). The highest BCUT2D eigenvalue weighted by Gasteiger charge is 2.23. The lowest BCUT2D eigenvalue weighted by molar-refractivity contribution is 0.0305. The van der Waals surface area contributed by atoms with E-state index in [0.717, 1.165) is 0 Å². The first-order valence-corrected chi connectivity index (χ1v) is 8.38. The second-order valence-corrected chi connectivity index (χ2v) is 7.37. The van der Waals surface area contributed by atoms with Crippen molar-refractivity contribution in [1.82, 2.24) is 15.2 Å². The molecule has 8 heteroatoms. The van der Waals surface area contributed by atoms with Gasteiger partial charge >= 0.3 is 6.09 Å². The Labute approximate surface area is 140 Å². The Bertz CT molecular complexity index is 574. The van der Waals surface area contributed by atoms with Crippen LogP contribution in [0.3, 0.4) is 0 Å². The van der Waals surface area contributed by atoms with Gasteiger partial charge in [0.25, 0.3) is 5.91 Å². The van der Waals surface area contributed by atoms with Crippen LogP contribution in [0.2, 0.25) is 0 Å². The van der Waals surface area contributed by atoms with Crippen LogP contribution in [0, 0.1) is 6.92 Å². The number of hydrogen-bond acceptors (Lipinski definition) is 6. The fourth-order valence-corrected chi connectivity index (χ4v) is 3.07. The highest BCUT2D eigenvalue weighted by atomic mass is 32.1. The largest absolute Gasteiger partial charge is 0.444 e. The molecule has 0 aliphatic carbocycles. The Morgan fingerprint density at radius 1 is 1.35 bits per heavy atom. The van der Waals surface area contributed by atoms with Gasteiger partial charge in [0.15, 0.2) is 0 Å². The molecule has 0 aromatic carbocycles. The summed E-state index contributed by atoms with van der Waals surface area (Å²) in [5.74, 6) is -0.0215. The van der Waals surface area contributed by atoms with E-state index >= 15 is 0 Å². The topological polar surface area (TPSA) is 80.8 Å². The number of alkyl carbamates (subject to hydrolysis) is 1. The zero-order valence-corrected chi connectivity index (χ0v) is 14.8. The van der Waals surface area contributed by atoms with Crippen molar-refractivity contribution in [3.8, 4) is 0 Å². The van der Waals surface area contributed by atoms with Crippen LogP contribution in [0.4, 0.5) is 4.79 Å². The van der Waals surface area contributed by atoms with Crippen molar-refractivity contribution in [2.45, 2.75) is 39.8 Å². The van der Waals surface area contributed by atoms with E-state index in [2.05, 4.69) is 10.3 Å². The van der Waals surface area contributed by atoms with E-state index in [-0.39, 0.29) is 12.5 Å². The van der Waals surface area contributed by atoms with Crippen molar-refractivity contribution >= 4 is 23.3 Å². The van der Waals surface area contributed by atoms with Crippen LogP contribution in [0.25, 0.3) is 0 Å². The van der Waals surface area contributed by atoms with E-state index in [9.17, 15) is 9.59 Å². The van der Waals surface area contributed by atoms with Gasteiger partial charge in [-0.25, -0.2) is 9.78 Å². The number of aryl methyl sites for hydroxylation is 1. The second-order valence-electron chi connectivity index (χ2n) is 6.28. The molecule has 0 atom stereocenters. The molecule has 1 aliphatic heterocycles. The van der Waals surface area contributed by atoms with Crippen molar-refractivity contribution in [2.24, 2.45) is 0 Å². The van der Waals surface area contributed by atoms with Crippen molar-refractivity contribution in [3.05, 3.63) is 15.6 Å². The molecule has 23 heavy (non-hydrogen) atoms. The Morgan fingerprint density at radius 2 is 2.00 bits per heavy atom. The molecule has 2 rings (SSSR count). The predicted octanol–water partition coefficient (Wildman–Crippen LogP) is 1.95. The minimum atomic E-state index is -0.541. The summed E-state index contributed by atoms with van der Waals surface area (Å²) in [5, 5.41) is 3.34. The zero-order valence-electron chi connectivity index (χ0n) is 14.0. The molecular formula is C15H23N3O4S. The average Bonchev–Trinajstić information content (AvgIpc) is 2.85. The van der Waals surface area contributed by atoms with Crippen LogP contribution in [-0.2, 0) is 16.0 Å². The maximum Gasteiger partial charge on any atom is 0.408 e. The fraction of sp³-hybridized carbons (Fsp3) is 0.667. The van der Waals surface area contributed by atoms with Crippen molar-refractivity contribution in [3.63, 3.8) is 0 Å². The molecule has 7 nitrogen and oxygen atoms in total. The summed E-state index contributed by atoms with van der Waals surface area (Å²) in [5.41, 5.74) is 0.146. The lowest BCUT2D eigenvalue weighted by atomic mass is 10.2. The molecule has 1 aromatic rings. The number of aromatic nitrogens is 1. The normalized spacial score (nSPS) is 15.4. The van der Waals surface area contributed by atoms with Gasteiger partial charge in [-0.1, -0.05) is 0 Å². The van der Waals surface area contributed by atoms with Gasteiger partial charge in [0.2, 0.25) is 0 Å². The predicted molar refractivity (Wildman–Crippen MR) is 86.6 cm³/mol. The van der Waals surface area contributed by atoms with Gasteiger partial charge in [-0.2, -0.15) is 0 Å². The van der Waals surface area contributed by atoms with E-state index in [1.165, 1.54) is 11.3 Å². The van der Waals surface area contributed by atoms with E-state index in [4.69, 9.17) is 9.47 Å². The van der Waals surface area contributed by atoms with Crippen molar-refractivity contribution < 1.29 is 19.1 Å². The highest BCUT2D eigenvalue weighted by molar-refractivity contribution is 7.13. The minimum absolute atomic E-state index is 0.0215. The Balaban J connectivity index is 1.95. The maximum atomic E-state index is 12.5. The first kappa shape index (κ1) is 17.7. The minimum Gasteiger partial charge on any atom is -0.444 e. The van der Waals surface area contributed by atoms with E-state index in [0.29, 0.717) is 41.9 Å². The van der Waals surface area contributed by atoms with Gasteiger partial charge in [0.05, 0.1) is 25.5 Å². The molecule has 1 fully saturated rings. The number of rotatable bonds is 3. The van der Waals surface area contributed by atoms with Gasteiger partial charge in [0, 0.05) is 13.1 Å². The molecule has 128 valence electrons. The van der Waals surface area contributed by atoms with E-state index in [1.807, 2.05) is 0 Å². The quantitative estimate of drug-likeness (QED) is 0.909. The number of ether oxygens (including phenoxy) is 2. The van der Waals surface area contributed by atoms with E-state index < -0.39 is 11.7 Å². The lowest BCUT2D eigenvalue weighted by Crippen LogP contribution is -2.40. The molecule has 1 saturated heterocycles. The number of amides is 2. The molecule has 0 unspecified atom stereocenters. The third-order valence-electron chi connectivity index (χ3n) is 3.12. The maximum absolute atomic E-state index is 12.5. The van der Waals surface area contributed by atoms with Crippen molar-refractivity contribution in [1.29, 1.82) is 0 Å². The number of morpholine rings is 1. The van der Waals surface area contributed by atoms with Crippen LogP contribution in [-0.4, -0.2) is 53.8 Å². The summed E-state index contributed by atoms with van der Waals surface area (Å²) >= 11 is 1.31. The Kier molecular flexibility index (Phi) is 5.59. The number of hydrogen-bond donors (Lipinski definition) is 1. The number of nitrogens with zero attached hydrogens (tertiary/aromatic N) is 2. The van der Waals surface area contributed by atoms with Gasteiger partial charge in [-0.05, 0) is 27.7 Å². The molecule has 0 radical (unpaired) electrons. The van der Waals surface area contributed by atoms with Gasteiger partial charge in [-0.3, -0.25) is 4.79 Å². The molecule has 2 amide bonds. The molecule has 1 aliphatic rings. The summed E-state index contributed by atoms with van der Waals surface area (Å²) in [6, 6.07) is 0. The van der Waals surface area contributed by atoms with Crippen LogP contribution < -0.4 is 5.32 Å². The summed E-state index contributed by atoms with van der Waals surface area (Å²) in [6.07, 6.45) is -0.494. The summed E-state index contributed by atoms with van der Waals surface area (Å²) in [4.78, 5) is 30.9. The summed E-state index contributed by atoms with van der Waals surface area (Å²) < 4.78 is 10.4. The van der Waals surface area contributed by atoms with Crippen LogP contribution >= 0.6 is 11.3 Å². The molecule has 0 bridgehead atoms. The average molecular weight is 341 g/mol. The van der Waals surface area contributed by atoms with Crippen molar-refractivity contribution in [2.75, 3.05) is 26.3 Å². The Morgan fingerprint density at radius 3 is 2.61 bits per heavy atom. The van der Waals surface area contributed by atoms with Crippen LogP contribution in [0.1, 0.15) is 41.1 Å². The summed E-state index contributed by atoms with van der Waals surface area (Å²) in [7, 11) is 0. The molecule has 0 saturated carbocycles. The first-order chi connectivity index (χ1) is 10.8. The number of nitrogens with one attached hydrogen (secondary N) is 1. The summed E-state index contributed by atoms with van der Waals surface area (Å²) in [6.45, 7) is 9.80. The fourth-order valence-electron chi connectivity index (χ4n) is 2.10. The Hall–Kier alpha value is -1.67. The molecule has 1 N–H and O–H groups in total. The number of carbonyl (C=O) groups excluding carboxylic acids is 2. The van der Waals surface area contributed by atoms with E-state index in [1.54, 1.807) is 32.6 Å². The van der Waals surface area contributed by atoms with Gasteiger partial charge in [0.1, 0.15) is 15.5 Å². The third-order valence-corrected chi connectivity index (χ3v) is 4.26. The highest BCUT2D eigenvalue weighted by Crippen LogP contribution is 2.20. The SMILES string of the molecule is Cc1nc(CNC(=O)OC(C)(C)C)sc1C(=O)N1CCOCC1. The number of carbonyl (C=O) groups is 2. The van der Waals surface area contributed by atoms with Gasteiger partial charge in [-0.15, -0.1) is 11.3 Å². The monoisotopic (exact) mass is 341 g/mol. The molecule has 0 spiro atoms. The van der Waals surface area contributed by atoms with Crippen LogP contribution in [0.15, 0.2) is 0 Å². The van der Waals surface area contributed by atoms with Gasteiger partial charge < -0.3 is 19.7 Å². The smallest absolute Gasteiger partial charge is 0.408 e. The number of thiazole rings is 1. The molecule has 1 aromatic heterocycles. The van der Waals surface area contributed by atoms with Crippen LogP contribution in [0.5, 0.6) is 0 Å². The molecular weight excluding hydrogens is 318 g/mol. The third kappa shape index (κ3) is 5.18.